The number of benzene rings is 1. The van der Waals surface area contributed by atoms with E-state index < -0.39 is 17.8 Å². The van der Waals surface area contributed by atoms with E-state index in [-0.39, 0.29) is 5.91 Å². The fraction of sp³-hybridized carbons (Fsp3) is 0.429. The summed E-state index contributed by atoms with van der Waals surface area (Å²) in [5.74, 6) is -1.55. The second-order valence-corrected chi connectivity index (χ2v) is 5.68. The Balaban J connectivity index is 2.09. The van der Waals surface area contributed by atoms with Gasteiger partial charge in [-0.1, -0.05) is 6.42 Å². The molecule has 6 heteroatoms. The summed E-state index contributed by atoms with van der Waals surface area (Å²) in [6.07, 6.45) is 1.96. The van der Waals surface area contributed by atoms with Crippen LogP contribution in [0.3, 0.4) is 0 Å². The molecule has 2 rings (SSSR count). The van der Waals surface area contributed by atoms with E-state index in [9.17, 15) is 9.59 Å². The van der Waals surface area contributed by atoms with Gasteiger partial charge in [-0.3, -0.25) is 9.59 Å². The second kappa shape index (κ2) is 6.26. The van der Waals surface area contributed by atoms with E-state index in [1.807, 2.05) is 0 Å². The quantitative estimate of drug-likeness (QED) is 0.882. The Morgan fingerprint density at radius 1 is 1.35 bits per heavy atom. The molecule has 0 radical (unpaired) electrons. The number of carbonyl (C=O) groups is 2. The number of halogens is 1. The van der Waals surface area contributed by atoms with E-state index in [0.29, 0.717) is 24.3 Å². The van der Waals surface area contributed by atoms with E-state index in [1.54, 1.807) is 25.3 Å². The molecule has 0 saturated heterocycles. The molecule has 1 aromatic rings. The Labute approximate surface area is 125 Å². The highest BCUT2D eigenvalue weighted by molar-refractivity contribution is 9.10. The summed E-state index contributed by atoms with van der Waals surface area (Å²) in [7, 11) is 1.54. The summed E-state index contributed by atoms with van der Waals surface area (Å²) in [5.41, 5.74) is 0.603. The molecule has 2 N–H and O–H groups in total. The van der Waals surface area contributed by atoms with Gasteiger partial charge in [-0.15, -0.1) is 0 Å². The van der Waals surface area contributed by atoms with Crippen molar-refractivity contribution in [1.29, 1.82) is 0 Å². The maximum absolute atomic E-state index is 12.2. The van der Waals surface area contributed by atoms with Crippen molar-refractivity contribution < 1.29 is 19.4 Å². The molecule has 1 aliphatic carbocycles. The van der Waals surface area contributed by atoms with Crippen LogP contribution in [0.15, 0.2) is 22.7 Å². The number of ether oxygens (including phenoxy) is 1. The zero-order chi connectivity index (χ0) is 14.7. The number of anilines is 1. The van der Waals surface area contributed by atoms with Gasteiger partial charge in [0.15, 0.2) is 0 Å². The molecule has 1 fully saturated rings. The molecule has 0 aliphatic heterocycles. The Morgan fingerprint density at radius 3 is 2.70 bits per heavy atom. The topological polar surface area (TPSA) is 75.6 Å². The molecule has 0 spiro atoms. The normalized spacial score (nSPS) is 21.5. The minimum atomic E-state index is -0.893. The van der Waals surface area contributed by atoms with Crippen molar-refractivity contribution in [1.82, 2.24) is 0 Å². The number of amides is 1. The van der Waals surface area contributed by atoms with E-state index >= 15 is 0 Å². The Kier molecular flexibility index (Phi) is 4.65. The first-order valence-electron chi connectivity index (χ1n) is 6.40. The molecule has 5 nitrogen and oxygen atoms in total. The van der Waals surface area contributed by atoms with Gasteiger partial charge < -0.3 is 15.2 Å². The van der Waals surface area contributed by atoms with Crippen molar-refractivity contribution in [3.05, 3.63) is 22.7 Å². The molecular weight excluding hydrogens is 326 g/mol. The van der Waals surface area contributed by atoms with Gasteiger partial charge in [0, 0.05) is 11.8 Å². The monoisotopic (exact) mass is 341 g/mol. The van der Waals surface area contributed by atoms with E-state index in [0.717, 1.165) is 10.9 Å². The zero-order valence-corrected chi connectivity index (χ0v) is 12.6. The van der Waals surface area contributed by atoms with Crippen LogP contribution in [0.2, 0.25) is 0 Å². The van der Waals surface area contributed by atoms with Crippen LogP contribution in [0.25, 0.3) is 0 Å². The molecule has 1 aliphatic rings. The van der Waals surface area contributed by atoms with Gasteiger partial charge in [-0.25, -0.2) is 0 Å². The minimum Gasteiger partial charge on any atom is -0.495 e. The Bertz CT molecular complexity index is 532. The zero-order valence-electron chi connectivity index (χ0n) is 11.1. The van der Waals surface area contributed by atoms with Crippen molar-refractivity contribution in [3.63, 3.8) is 0 Å². The van der Waals surface area contributed by atoms with Crippen LogP contribution in [0.4, 0.5) is 5.69 Å². The Morgan fingerprint density at radius 2 is 2.05 bits per heavy atom. The number of rotatable bonds is 4. The van der Waals surface area contributed by atoms with Gasteiger partial charge in [0.05, 0.1) is 23.4 Å². The SMILES string of the molecule is COc1cc(NC(=O)[C@@H]2CCC[C@@H]2C(=O)O)ccc1Br. The predicted molar refractivity (Wildman–Crippen MR) is 77.8 cm³/mol. The third-order valence-corrected chi connectivity index (χ3v) is 4.24. The number of carboxylic acids is 1. The highest BCUT2D eigenvalue weighted by Gasteiger charge is 2.37. The maximum atomic E-state index is 12.2. The molecule has 2 atom stereocenters. The number of methoxy groups -OCH3 is 1. The average molecular weight is 342 g/mol. The highest BCUT2D eigenvalue weighted by Crippen LogP contribution is 2.34. The lowest BCUT2D eigenvalue weighted by Crippen LogP contribution is -2.29. The highest BCUT2D eigenvalue weighted by atomic mass is 79.9. The van der Waals surface area contributed by atoms with Crippen LogP contribution in [0.5, 0.6) is 5.75 Å². The number of carboxylic acid groups (broad SMARTS) is 1. The van der Waals surface area contributed by atoms with Gasteiger partial charge >= 0.3 is 5.97 Å². The summed E-state index contributed by atoms with van der Waals surface area (Å²) < 4.78 is 5.95. The Hall–Kier alpha value is -1.56. The van der Waals surface area contributed by atoms with Gasteiger partial charge in [0.25, 0.3) is 0 Å². The largest absolute Gasteiger partial charge is 0.495 e. The van der Waals surface area contributed by atoms with E-state index in [1.165, 1.54) is 0 Å². The van der Waals surface area contributed by atoms with E-state index in [4.69, 9.17) is 9.84 Å². The lowest BCUT2D eigenvalue weighted by molar-refractivity contribution is -0.145. The van der Waals surface area contributed by atoms with Crippen molar-refractivity contribution >= 4 is 33.5 Å². The third kappa shape index (κ3) is 3.12. The number of aliphatic carboxylic acids is 1. The molecule has 0 unspecified atom stereocenters. The fourth-order valence-electron chi connectivity index (χ4n) is 2.54. The summed E-state index contributed by atoms with van der Waals surface area (Å²) in [6, 6.07) is 5.22. The van der Waals surface area contributed by atoms with Gasteiger partial charge in [-0.2, -0.15) is 0 Å². The average Bonchev–Trinajstić information content (AvgIpc) is 2.90. The van der Waals surface area contributed by atoms with Crippen molar-refractivity contribution in [2.45, 2.75) is 19.3 Å². The third-order valence-electron chi connectivity index (χ3n) is 3.59. The van der Waals surface area contributed by atoms with Gasteiger partial charge in [0.2, 0.25) is 5.91 Å². The minimum absolute atomic E-state index is 0.237. The molecule has 1 amide bonds. The van der Waals surface area contributed by atoms with Gasteiger partial charge in [0.1, 0.15) is 5.75 Å². The van der Waals surface area contributed by atoms with Crippen molar-refractivity contribution in [2.75, 3.05) is 12.4 Å². The number of hydrogen-bond acceptors (Lipinski definition) is 3. The summed E-state index contributed by atoms with van der Waals surface area (Å²) in [6.45, 7) is 0. The lowest BCUT2D eigenvalue weighted by atomic mass is 9.95. The molecule has 0 heterocycles. The number of nitrogens with one attached hydrogen (secondary N) is 1. The lowest BCUT2D eigenvalue weighted by Gasteiger charge is -2.16. The second-order valence-electron chi connectivity index (χ2n) is 4.82. The standard InChI is InChI=1S/C14H16BrNO4/c1-20-12-7-8(5-6-11(12)15)16-13(17)9-3-2-4-10(9)14(18)19/h5-7,9-10H,2-4H2,1H3,(H,16,17)(H,18,19)/t9-,10+/m1/s1. The molecular formula is C14H16BrNO4. The van der Waals surface area contributed by atoms with Gasteiger partial charge in [-0.05, 0) is 40.9 Å². The molecule has 108 valence electrons. The summed E-state index contributed by atoms with van der Waals surface area (Å²) in [5, 5.41) is 11.9. The predicted octanol–water partition coefficient (Wildman–Crippen LogP) is 2.90. The van der Waals surface area contributed by atoms with Crippen LogP contribution in [-0.4, -0.2) is 24.1 Å². The van der Waals surface area contributed by atoms with Crippen LogP contribution in [-0.2, 0) is 9.59 Å². The van der Waals surface area contributed by atoms with Crippen LogP contribution in [0, 0.1) is 11.8 Å². The van der Waals surface area contributed by atoms with Crippen molar-refractivity contribution in [3.8, 4) is 5.75 Å². The molecule has 0 bridgehead atoms. The van der Waals surface area contributed by atoms with Crippen LogP contribution in [0.1, 0.15) is 19.3 Å². The first-order chi connectivity index (χ1) is 9.52. The van der Waals surface area contributed by atoms with E-state index in [2.05, 4.69) is 21.2 Å². The van der Waals surface area contributed by atoms with Crippen LogP contribution >= 0.6 is 15.9 Å². The molecule has 1 aromatic carbocycles. The smallest absolute Gasteiger partial charge is 0.307 e. The summed E-state index contributed by atoms with van der Waals surface area (Å²) in [4.78, 5) is 23.3. The molecule has 20 heavy (non-hydrogen) atoms. The number of hydrogen-bond donors (Lipinski definition) is 2. The first-order valence-corrected chi connectivity index (χ1v) is 7.19. The van der Waals surface area contributed by atoms with Crippen molar-refractivity contribution in [2.24, 2.45) is 11.8 Å². The fourth-order valence-corrected chi connectivity index (χ4v) is 2.95. The molecule has 1 saturated carbocycles. The maximum Gasteiger partial charge on any atom is 0.307 e. The first kappa shape index (κ1) is 14.8. The number of carbonyl (C=O) groups excluding carboxylic acids is 1. The van der Waals surface area contributed by atoms with Crippen LogP contribution < -0.4 is 10.1 Å². The molecule has 0 aromatic heterocycles. The summed E-state index contributed by atoms with van der Waals surface area (Å²) >= 11 is 3.34.